The van der Waals surface area contributed by atoms with Crippen molar-refractivity contribution in [2.75, 3.05) is 13.7 Å². The van der Waals surface area contributed by atoms with Gasteiger partial charge in [-0.15, -0.1) is 0 Å². The van der Waals surface area contributed by atoms with Crippen LogP contribution in [0.25, 0.3) is 0 Å². The average Bonchev–Trinajstić information content (AvgIpc) is 3.08. The molecule has 4 heteroatoms. The number of hydrogen-bond donors (Lipinski definition) is 1. The van der Waals surface area contributed by atoms with Crippen LogP contribution in [0, 0.1) is 17.6 Å². The van der Waals surface area contributed by atoms with Gasteiger partial charge in [0, 0.05) is 12.1 Å². The molecule has 0 spiro atoms. The maximum atomic E-state index is 13.5. The molecule has 88 valence electrons. The SMILES string of the molecule is CNCc1c(OCC2CC2)ccc(F)c1F. The smallest absolute Gasteiger partial charge is 0.167 e. The fourth-order valence-corrected chi connectivity index (χ4v) is 1.54. The van der Waals surface area contributed by atoms with Gasteiger partial charge < -0.3 is 10.1 Å². The van der Waals surface area contributed by atoms with Crippen molar-refractivity contribution < 1.29 is 13.5 Å². The molecular formula is C12H15F2NO. The van der Waals surface area contributed by atoms with Gasteiger partial charge in [-0.3, -0.25) is 0 Å². The highest BCUT2D eigenvalue weighted by Gasteiger charge is 2.23. The molecule has 2 nitrogen and oxygen atoms in total. The number of rotatable bonds is 5. The lowest BCUT2D eigenvalue weighted by Crippen LogP contribution is -2.11. The molecule has 1 aliphatic rings. The van der Waals surface area contributed by atoms with Crippen molar-refractivity contribution in [3.05, 3.63) is 29.3 Å². The number of benzene rings is 1. The predicted molar refractivity (Wildman–Crippen MR) is 57.3 cm³/mol. The minimum Gasteiger partial charge on any atom is -0.493 e. The fraction of sp³-hybridized carbons (Fsp3) is 0.500. The zero-order valence-electron chi connectivity index (χ0n) is 9.22. The van der Waals surface area contributed by atoms with Crippen molar-refractivity contribution in [2.24, 2.45) is 5.92 Å². The normalized spacial score (nSPS) is 15.2. The summed E-state index contributed by atoms with van der Waals surface area (Å²) in [5.74, 6) is -0.609. The summed E-state index contributed by atoms with van der Waals surface area (Å²) >= 11 is 0. The van der Waals surface area contributed by atoms with Crippen LogP contribution < -0.4 is 10.1 Å². The molecule has 0 saturated heterocycles. The van der Waals surface area contributed by atoms with Crippen molar-refractivity contribution in [2.45, 2.75) is 19.4 Å². The maximum Gasteiger partial charge on any atom is 0.167 e. The van der Waals surface area contributed by atoms with Gasteiger partial charge in [-0.05, 0) is 37.9 Å². The monoisotopic (exact) mass is 227 g/mol. The second kappa shape index (κ2) is 4.78. The minimum atomic E-state index is -0.830. The Morgan fingerprint density at radius 1 is 1.38 bits per heavy atom. The first-order chi connectivity index (χ1) is 7.72. The Bertz CT molecular complexity index is 378. The summed E-state index contributed by atoms with van der Waals surface area (Å²) in [6, 6.07) is 2.60. The third-order valence-electron chi connectivity index (χ3n) is 2.68. The first-order valence-corrected chi connectivity index (χ1v) is 5.46. The standard InChI is InChI=1S/C12H15F2NO/c1-15-6-9-11(16-7-8-2-3-8)5-4-10(13)12(9)14/h4-5,8,15H,2-3,6-7H2,1H3. The number of halogens is 2. The molecule has 0 atom stereocenters. The van der Waals surface area contributed by atoms with E-state index in [0.717, 1.165) is 6.07 Å². The summed E-state index contributed by atoms with van der Waals surface area (Å²) < 4.78 is 32.0. The van der Waals surface area contributed by atoms with E-state index in [1.54, 1.807) is 7.05 Å². The molecule has 0 unspecified atom stereocenters. The Balaban J connectivity index is 2.16. The zero-order chi connectivity index (χ0) is 11.5. The third kappa shape index (κ3) is 2.50. The second-order valence-electron chi connectivity index (χ2n) is 4.12. The van der Waals surface area contributed by atoms with Crippen molar-refractivity contribution in [1.82, 2.24) is 5.32 Å². The van der Waals surface area contributed by atoms with Crippen LogP contribution in [0.5, 0.6) is 5.75 Å². The van der Waals surface area contributed by atoms with Gasteiger partial charge in [-0.2, -0.15) is 0 Å². The summed E-state index contributed by atoms with van der Waals surface area (Å²) in [4.78, 5) is 0. The van der Waals surface area contributed by atoms with Crippen molar-refractivity contribution in [3.8, 4) is 5.75 Å². The fourth-order valence-electron chi connectivity index (χ4n) is 1.54. The lowest BCUT2D eigenvalue weighted by atomic mass is 10.1. The largest absolute Gasteiger partial charge is 0.493 e. The van der Waals surface area contributed by atoms with Crippen LogP contribution >= 0.6 is 0 Å². The van der Waals surface area contributed by atoms with Crippen LogP contribution in [0.2, 0.25) is 0 Å². The molecule has 1 aromatic rings. The van der Waals surface area contributed by atoms with Gasteiger partial charge >= 0.3 is 0 Å². The van der Waals surface area contributed by atoms with E-state index in [4.69, 9.17) is 4.74 Å². The van der Waals surface area contributed by atoms with Gasteiger partial charge in [-0.1, -0.05) is 0 Å². The summed E-state index contributed by atoms with van der Waals surface area (Å²) in [7, 11) is 1.69. The highest BCUT2D eigenvalue weighted by molar-refractivity contribution is 5.35. The van der Waals surface area contributed by atoms with Crippen LogP contribution in [0.3, 0.4) is 0 Å². The molecule has 1 aliphatic carbocycles. The summed E-state index contributed by atoms with van der Waals surface area (Å²) in [6.07, 6.45) is 2.34. The molecule has 0 heterocycles. The van der Waals surface area contributed by atoms with Gasteiger partial charge in [0.05, 0.1) is 6.61 Å². The lowest BCUT2D eigenvalue weighted by Gasteiger charge is -2.12. The van der Waals surface area contributed by atoms with E-state index in [-0.39, 0.29) is 12.1 Å². The molecule has 1 fully saturated rings. The quantitative estimate of drug-likeness (QED) is 0.834. The first-order valence-electron chi connectivity index (χ1n) is 5.46. The Kier molecular flexibility index (Phi) is 3.39. The zero-order valence-corrected chi connectivity index (χ0v) is 9.22. The minimum absolute atomic E-state index is 0.267. The van der Waals surface area contributed by atoms with Crippen LogP contribution in [0.1, 0.15) is 18.4 Å². The molecular weight excluding hydrogens is 212 g/mol. The number of hydrogen-bond acceptors (Lipinski definition) is 2. The molecule has 0 radical (unpaired) electrons. The highest BCUT2D eigenvalue weighted by atomic mass is 19.2. The van der Waals surface area contributed by atoms with Gasteiger partial charge in [0.1, 0.15) is 5.75 Å². The van der Waals surface area contributed by atoms with Crippen molar-refractivity contribution in [1.29, 1.82) is 0 Å². The summed E-state index contributed by atoms with van der Waals surface area (Å²) in [5.41, 5.74) is 0.267. The van der Waals surface area contributed by atoms with E-state index in [9.17, 15) is 8.78 Å². The second-order valence-corrected chi connectivity index (χ2v) is 4.12. The van der Waals surface area contributed by atoms with Crippen LogP contribution in [0.4, 0.5) is 8.78 Å². The lowest BCUT2D eigenvalue weighted by molar-refractivity contribution is 0.292. The molecule has 16 heavy (non-hydrogen) atoms. The number of nitrogens with one attached hydrogen (secondary N) is 1. The third-order valence-corrected chi connectivity index (χ3v) is 2.68. The predicted octanol–water partition coefficient (Wildman–Crippen LogP) is 2.47. The highest BCUT2D eigenvalue weighted by Crippen LogP contribution is 2.31. The Morgan fingerprint density at radius 3 is 2.75 bits per heavy atom. The Hall–Kier alpha value is -1.16. The van der Waals surface area contributed by atoms with Crippen LogP contribution in [0.15, 0.2) is 12.1 Å². The Labute approximate surface area is 93.6 Å². The molecule has 0 bridgehead atoms. The molecule has 1 N–H and O–H groups in total. The van der Waals surface area contributed by atoms with E-state index < -0.39 is 11.6 Å². The molecule has 1 aromatic carbocycles. The van der Waals surface area contributed by atoms with Crippen LogP contribution in [-0.2, 0) is 6.54 Å². The Morgan fingerprint density at radius 2 is 2.12 bits per heavy atom. The van der Waals surface area contributed by atoms with Gasteiger partial charge in [0.15, 0.2) is 11.6 Å². The van der Waals surface area contributed by atoms with Gasteiger partial charge in [0.2, 0.25) is 0 Å². The van der Waals surface area contributed by atoms with E-state index in [1.807, 2.05) is 0 Å². The molecule has 0 aliphatic heterocycles. The molecule has 1 saturated carbocycles. The molecule has 0 aromatic heterocycles. The molecule has 0 amide bonds. The molecule has 2 rings (SSSR count). The summed E-state index contributed by atoms with van der Waals surface area (Å²) in [5, 5.41) is 2.81. The van der Waals surface area contributed by atoms with E-state index in [1.165, 1.54) is 18.9 Å². The van der Waals surface area contributed by atoms with Crippen LogP contribution in [-0.4, -0.2) is 13.7 Å². The van der Waals surface area contributed by atoms with Crippen molar-refractivity contribution in [3.63, 3.8) is 0 Å². The van der Waals surface area contributed by atoms with E-state index in [2.05, 4.69) is 5.32 Å². The number of ether oxygens (including phenoxy) is 1. The van der Waals surface area contributed by atoms with E-state index in [0.29, 0.717) is 18.3 Å². The van der Waals surface area contributed by atoms with Gasteiger partial charge in [0.25, 0.3) is 0 Å². The average molecular weight is 227 g/mol. The van der Waals surface area contributed by atoms with E-state index >= 15 is 0 Å². The maximum absolute atomic E-state index is 13.5. The van der Waals surface area contributed by atoms with Gasteiger partial charge in [-0.25, -0.2) is 8.78 Å². The topological polar surface area (TPSA) is 21.3 Å². The summed E-state index contributed by atoms with van der Waals surface area (Å²) in [6.45, 7) is 0.866. The van der Waals surface area contributed by atoms with Crippen molar-refractivity contribution >= 4 is 0 Å². The first kappa shape index (κ1) is 11.3.